The number of nitrogens with zero attached hydrogens (tertiary/aromatic N) is 3. The summed E-state index contributed by atoms with van der Waals surface area (Å²) in [6.45, 7) is -0.785. The number of nitrogens with one attached hydrogen (secondary N) is 1. The minimum Gasteiger partial charge on any atom is -0.506 e. The normalized spacial score (nSPS) is 19.9. The van der Waals surface area contributed by atoms with E-state index in [-0.39, 0.29) is 12.8 Å². The molecule has 1 aromatic heterocycles. The van der Waals surface area contributed by atoms with E-state index in [1.54, 1.807) is 4.72 Å². The predicted octanol–water partition coefficient (Wildman–Crippen LogP) is 1.47. The molecule has 2 heterocycles. The number of rotatable bonds is 4. The molecule has 4 rings (SSSR count). The van der Waals surface area contributed by atoms with Gasteiger partial charge >= 0.3 is 10.2 Å². The number of aromatic nitrogens is 2. The number of halogens is 4. The number of alkyl halides is 2. The van der Waals surface area contributed by atoms with Crippen LogP contribution in [0.1, 0.15) is 12.8 Å². The summed E-state index contributed by atoms with van der Waals surface area (Å²) in [6.07, 6.45) is -1.73. The van der Waals surface area contributed by atoms with E-state index in [9.17, 15) is 31.5 Å². The Morgan fingerprint density at radius 2 is 1.89 bits per heavy atom. The smallest absolute Gasteiger partial charge is 0.326 e. The molecule has 2 fully saturated rings. The number of carbonyl (C=O) groups is 1. The average Bonchev–Trinajstić information content (AvgIpc) is 3.25. The molecule has 1 amide bonds. The summed E-state index contributed by atoms with van der Waals surface area (Å²) in [4.78, 5) is 11.4. The van der Waals surface area contributed by atoms with Gasteiger partial charge in [0.2, 0.25) is 5.95 Å². The van der Waals surface area contributed by atoms with Gasteiger partial charge in [-0.2, -0.15) is 12.8 Å². The van der Waals surface area contributed by atoms with Crippen LogP contribution < -0.4 is 9.03 Å². The van der Waals surface area contributed by atoms with Gasteiger partial charge in [0.15, 0.2) is 5.82 Å². The number of phenols is 1. The van der Waals surface area contributed by atoms with Crippen LogP contribution in [0.5, 0.6) is 5.75 Å². The molecule has 1 aliphatic heterocycles. The van der Waals surface area contributed by atoms with Crippen LogP contribution >= 0.6 is 0 Å². The molecule has 0 atom stereocenters. The van der Waals surface area contributed by atoms with E-state index >= 15 is 4.39 Å². The lowest BCUT2D eigenvalue weighted by Crippen LogP contribution is -2.30. The second-order valence-corrected chi connectivity index (χ2v) is 8.11. The molecule has 1 saturated heterocycles. The van der Waals surface area contributed by atoms with Gasteiger partial charge in [-0.25, -0.2) is 22.2 Å². The van der Waals surface area contributed by atoms with Gasteiger partial charge in [0.1, 0.15) is 23.5 Å². The molecule has 28 heavy (non-hydrogen) atoms. The van der Waals surface area contributed by atoms with Crippen LogP contribution in [-0.2, 0) is 20.5 Å². The molecule has 1 aromatic carbocycles. The van der Waals surface area contributed by atoms with E-state index in [1.807, 2.05) is 0 Å². The quantitative estimate of drug-likeness (QED) is 0.729. The first kappa shape index (κ1) is 18.5. The summed E-state index contributed by atoms with van der Waals surface area (Å²) in [5.41, 5.74) is -3.50. The second-order valence-electron chi connectivity index (χ2n) is 6.51. The van der Waals surface area contributed by atoms with Crippen LogP contribution in [0.15, 0.2) is 18.3 Å². The summed E-state index contributed by atoms with van der Waals surface area (Å²) in [6, 6.07) is 1.86. The molecule has 0 spiro atoms. The maximum atomic E-state index is 15.0. The van der Waals surface area contributed by atoms with E-state index in [0.717, 1.165) is 23.0 Å². The minimum absolute atomic E-state index is 0.0777. The lowest BCUT2D eigenvalue weighted by atomic mass is 10.1. The summed E-state index contributed by atoms with van der Waals surface area (Å²) in [7, 11) is -4.44. The van der Waals surface area contributed by atoms with Gasteiger partial charge in [-0.1, -0.05) is 0 Å². The van der Waals surface area contributed by atoms with Crippen molar-refractivity contribution < 1.29 is 35.9 Å². The minimum atomic E-state index is -4.44. The molecule has 2 aromatic rings. The van der Waals surface area contributed by atoms with E-state index in [0.29, 0.717) is 4.31 Å². The highest BCUT2D eigenvalue weighted by Gasteiger charge is 2.54. The standard InChI is InChI=1S/C15H12F4N4O4S/c16-11-7(8-5-23(20-13(8)17)15(3-4-15)14(18)19)1-2-9(24)12(11)22-6-10(25)21-28(22,26)27/h1-2,5,14,24H,3-4,6H2,(H,21,25). The van der Waals surface area contributed by atoms with Crippen LogP contribution in [0.2, 0.25) is 0 Å². The molecule has 1 aliphatic carbocycles. The number of anilines is 1. The first-order valence-electron chi connectivity index (χ1n) is 7.96. The van der Waals surface area contributed by atoms with Gasteiger partial charge < -0.3 is 5.11 Å². The van der Waals surface area contributed by atoms with Crippen LogP contribution in [0, 0.1) is 11.8 Å². The van der Waals surface area contributed by atoms with Crippen molar-refractivity contribution in [2.45, 2.75) is 24.8 Å². The zero-order valence-electron chi connectivity index (χ0n) is 13.9. The third-order valence-electron chi connectivity index (χ3n) is 4.75. The number of amides is 1. The van der Waals surface area contributed by atoms with Crippen molar-refractivity contribution in [1.82, 2.24) is 14.5 Å². The maximum absolute atomic E-state index is 15.0. The Labute approximate surface area is 155 Å². The molecule has 2 N–H and O–H groups in total. The molecule has 2 aliphatic rings. The SMILES string of the molecule is O=C1CN(c2c(O)ccc(-c3cn(C4(C(F)F)CC4)nc3F)c2F)S(=O)(=O)N1. The van der Waals surface area contributed by atoms with Gasteiger partial charge in [-0.15, -0.1) is 5.10 Å². The number of hydrogen-bond donors (Lipinski definition) is 2. The van der Waals surface area contributed by atoms with E-state index < -0.39 is 69.0 Å². The van der Waals surface area contributed by atoms with E-state index in [1.165, 1.54) is 0 Å². The summed E-state index contributed by atoms with van der Waals surface area (Å²) >= 11 is 0. The molecule has 1 saturated carbocycles. The van der Waals surface area contributed by atoms with Crippen molar-refractivity contribution in [3.8, 4) is 16.9 Å². The van der Waals surface area contributed by atoms with Gasteiger partial charge in [-0.3, -0.25) is 9.48 Å². The monoisotopic (exact) mass is 420 g/mol. The highest BCUT2D eigenvalue weighted by Crippen LogP contribution is 2.49. The fourth-order valence-electron chi connectivity index (χ4n) is 3.08. The summed E-state index contributed by atoms with van der Waals surface area (Å²) in [5.74, 6) is -4.34. The van der Waals surface area contributed by atoms with Crippen molar-refractivity contribution >= 4 is 21.8 Å². The first-order valence-corrected chi connectivity index (χ1v) is 9.40. The van der Waals surface area contributed by atoms with Crippen molar-refractivity contribution in [2.75, 3.05) is 10.8 Å². The molecule has 8 nitrogen and oxygen atoms in total. The molecule has 0 radical (unpaired) electrons. The summed E-state index contributed by atoms with van der Waals surface area (Å²) in [5, 5.41) is 13.3. The van der Waals surface area contributed by atoms with Gasteiger partial charge in [-0.05, 0) is 25.0 Å². The lowest BCUT2D eigenvalue weighted by Gasteiger charge is -2.18. The maximum Gasteiger partial charge on any atom is 0.326 e. The molecular formula is C15H12F4N4O4S. The zero-order valence-corrected chi connectivity index (χ0v) is 14.7. The lowest BCUT2D eigenvalue weighted by molar-refractivity contribution is -0.117. The molecule has 0 unspecified atom stereocenters. The zero-order chi connectivity index (χ0) is 20.4. The fourth-order valence-corrected chi connectivity index (χ4v) is 4.25. The van der Waals surface area contributed by atoms with Gasteiger partial charge in [0.25, 0.3) is 12.3 Å². The summed E-state index contributed by atoms with van der Waals surface area (Å²) < 4.78 is 82.4. The number of carbonyl (C=O) groups excluding carboxylic acids is 1. The van der Waals surface area contributed by atoms with E-state index in [4.69, 9.17) is 0 Å². The van der Waals surface area contributed by atoms with E-state index in [2.05, 4.69) is 5.10 Å². The molecule has 150 valence electrons. The Bertz CT molecular complexity index is 1100. The average molecular weight is 420 g/mol. The highest BCUT2D eigenvalue weighted by molar-refractivity contribution is 7.92. The Morgan fingerprint density at radius 3 is 2.43 bits per heavy atom. The number of aromatic hydroxyl groups is 1. The molecule has 13 heteroatoms. The van der Waals surface area contributed by atoms with Crippen molar-refractivity contribution in [3.05, 3.63) is 30.1 Å². The Kier molecular flexibility index (Phi) is 3.86. The highest BCUT2D eigenvalue weighted by atomic mass is 32.2. The van der Waals surface area contributed by atoms with Gasteiger partial charge in [0, 0.05) is 11.8 Å². The van der Waals surface area contributed by atoms with Crippen molar-refractivity contribution in [1.29, 1.82) is 0 Å². The number of benzene rings is 1. The van der Waals surface area contributed by atoms with Crippen LogP contribution in [-0.4, -0.2) is 42.2 Å². The van der Waals surface area contributed by atoms with Crippen molar-refractivity contribution in [3.63, 3.8) is 0 Å². The first-order chi connectivity index (χ1) is 13.1. The molecular weight excluding hydrogens is 408 g/mol. The second kappa shape index (κ2) is 5.83. The van der Waals surface area contributed by atoms with Crippen LogP contribution in [0.25, 0.3) is 11.1 Å². The number of hydrogen-bond acceptors (Lipinski definition) is 5. The van der Waals surface area contributed by atoms with Crippen molar-refractivity contribution in [2.24, 2.45) is 0 Å². The predicted molar refractivity (Wildman–Crippen MR) is 86.9 cm³/mol. The Hall–Kier alpha value is -2.83. The third kappa shape index (κ3) is 2.60. The molecule has 0 bridgehead atoms. The van der Waals surface area contributed by atoms with Crippen LogP contribution in [0.4, 0.5) is 23.2 Å². The largest absolute Gasteiger partial charge is 0.506 e. The third-order valence-corrected chi connectivity index (χ3v) is 6.13. The number of phenolic OH excluding ortho intramolecular Hbond substituents is 1. The fraction of sp³-hybridized carbons (Fsp3) is 0.333. The van der Waals surface area contributed by atoms with Crippen LogP contribution in [0.3, 0.4) is 0 Å². The Morgan fingerprint density at radius 1 is 1.21 bits per heavy atom. The van der Waals surface area contributed by atoms with Gasteiger partial charge in [0.05, 0.1) is 5.56 Å². The topological polar surface area (TPSA) is 105 Å². The Balaban J connectivity index is 1.83.